The monoisotopic (exact) mass is 400 g/mol. The summed E-state index contributed by atoms with van der Waals surface area (Å²) in [6, 6.07) is 0.164. The van der Waals surface area contributed by atoms with E-state index in [1.165, 1.54) is 51.4 Å². The second kappa shape index (κ2) is 6.70. The second-order valence-corrected chi connectivity index (χ2v) is 12.1. The number of rotatable bonds is 4. The van der Waals surface area contributed by atoms with Gasteiger partial charge in [0.05, 0.1) is 6.04 Å². The van der Waals surface area contributed by atoms with Crippen molar-refractivity contribution in [2.24, 2.45) is 41.4 Å². The van der Waals surface area contributed by atoms with Crippen LogP contribution in [0.1, 0.15) is 77.6 Å². The van der Waals surface area contributed by atoms with Crippen LogP contribution >= 0.6 is 0 Å². The molecule has 5 heteroatoms. The zero-order chi connectivity index (χ0) is 19.8. The van der Waals surface area contributed by atoms with Crippen LogP contribution in [0.15, 0.2) is 0 Å². The van der Waals surface area contributed by atoms with Crippen molar-refractivity contribution >= 4 is 11.9 Å². The molecule has 8 saturated carbocycles. The Labute approximate surface area is 174 Å². The lowest BCUT2D eigenvalue weighted by Gasteiger charge is -2.56. The molecule has 8 rings (SSSR count). The number of quaternary nitrogens is 1. The molecule has 8 aliphatic carbocycles. The molecular formula is C24H38N3O2+. The van der Waals surface area contributed by atoms with Crippen LogP contribution in [-0.4, -0.2) is 29.6 Å². The summed E-state index contributed by atoms with van der Waals surface area (Å²) >= 11 is 0. The molecule has 8 fully saturated rings. The van der Waals surface area contributed by atoms with Gasteiger partial charge in [-0.15, -0.1) is 0 Å². The van der Waals surface area contributed by atoms with Gasteiger partial charge in [0, 0.05) is 17.4 Å². The molecule has 0 aromatic heterocycles. The maximum absolute atomic E-state index is 12.8. The van der Waals surface area contributed by atoms with E-state index in [1.807, 2.05) is 6.92 Å². The average Bonchev–Trinajstić information content (AvgIpc) is 2.62. The average molecular weight is 401 g/mol. The van der Waals surface area contributed by atoms with Gasteiger partial charge in [0.2, 0.25) is 0 Å². The highest BCUT2D eigenvalue weighted by atomic mass is 16.2. The number of urea groups is 1. The number of hydrogen-bond donors (Lipinski definition) is 3. The van der Waals surface area contributed by atoms with E-state index in [0.717, 1.165) is 60.7 Å². The fraction of sp³-hybridized carbons (Fsp3) is 0.917. The minimum absolute atomic E-state index is 0.0342. The molecule has 1 atom stereocenters. The van der Waals surface area contributed by atoms with Gasteiger partial charge in [0.15, 0.2) is 6.04 Å². The molecule has 160 valence electrons. The van der Waals surface area contributed by atoms with Crippen LogP contribution in [0.3, 0.4) is 0 Å². The Balaban J connectivity index is 1.04. The molecule has 4 N–H and O–H groups in total. The molecule has 8 bridgehead atoms. The summed E-state index contributed by atoms with van der Waals surface area (Å²) in [6.07, 6.45) is 14.4. The highest BCUT2D eigenvalue weighted by Gasteiger charge is 2.52. The molecule has 0 saturated heterocycles. The number of carbonyl (C=O) groups is 2. The molecule has 5 nitrogen and oxygen atoms in total. The van der Waals surface area contributed by atoms with E-state index in [0.29, 0.717) is 6.04 Å². The Morgan fingerprint density at radius 3 is 1.79 bits per heavy atom. The van der Waals surface area contributed by atoms with Gasteiger partial charge in [-0.3, -0.25) is 10.1 Å². The summed E-state index contributed by atoms with van der Waals surface area (Å²) < 4.78 is 0. The van der Waals surface area contributed by atoms with E-state index in [-0.39, 0.29) is 23.5 Å². The number of nitrogens with two attached hydrogens (primary N) is 1. The van der Waals surface area contributed by atoms with Crippen molar-refractivity contribution < 1.29 is 14.9 Å². The third kappa shape index (κ3) is 3.32. The molecule has 0 unspecified atom stereocenters. The molecule has 0 heterocycles. The second-order valence-electron chi connectivity index (χ2n) is 12.1. The largest absolute Gasteiger partial charge is 0.333 e. The third-order valence-electron chi connectivity index (χ3n) is 9.88. The van der Waals surface area contributed by atoms with Crippen LogP contribution in [0.5, 0.6) is 0 Å². The third-order valence-corrected chi connectivity index (χ3v) is 9.88. The normalized spacial score (nSPS) is 49.8. The lowest BCUT2D eigenvalue weighted by atomic mass is 9.53. The van der Waals surface area contributed by atoms with Gasteiger partial charge in [-0.25, -0.2) is 4.79 Å². The Morgan fingerprint density at radius 1 is 0.793 bits per heavy atom. The zero-order valence-corrected chi connectivity index (χ0v) is 17.9. The first-order chi connectivity index (χ1) is 13.9. The summed E-state index contributed by atoms with van der Waals surface area (Å²) in [4.78, 5) is 25.5. The number of carbonyl (C=O) groups excluding carboxylic acids is 2. The summed E-state index contributed by atoms with van der Waals surface area (Å²) in [5.74, 6) is 5.77. The van der Waals surface area contributed by atoms with Gasteiger partial charge in [0.1, 0.15) is 0 Å². The van der Waals surface area contributed by atoms with E-state index >= 15 is 0 Å². The van der Waals surface area contributed by atoms with E-state index in [2.05, 4.69) is 16.0 Å². The van der Waals surface area contributed by atoms with E-state index in [9.17, 15) is 9.59 Å². The fourth-order valence-electron chi connectivity index (χ4n) is 9.46. The lowest BCUT2D eigenvalue weighted by Crippen LogP contribution is -3.00. The Hall–Kier alpha value is -1.10. The van der Waals surface area contributed by atoms with Gasteiger partial charge in [-0.1, -0.05) is 0 Å². The predicted molar refractivity (Wildman–Crippen MR) is 110 cm³/mol. The highest BCUT2D eigenvalue weighted by Crippen LogP contribution is 2.55. The van der Waals surface area contributed by atoms with Crippen LogP contribution in [-0.2, 0) is 4.79 Å². The van der Waals surface area contributed by atoms with Crippen molar-refractivity contribution in [3.63, 3.8) is 0 Å². The van der Waals surface area contributed by atoms with Crippen molar-refractivity contribution in [3.8, 4) is 0 Å². The lowest BCUT2D eigenvalue weighted by molar-refractivity contribution is -0.725. The number of amides is 3. The van der Waals surface area contributed by atoms with Crippen molar-refractivity contribution in [2.75, 3.05) is 0 Å². The quantitative estimate of drug-likeness (QED) is 0.678. The van der Waals surface area contributed by atoms with Crippen LogP contribution in [0.4, 0.5) is 4.79 Å². The summed E-state index contributed by atoms with van der Waals surface area (Å²) in [5.41, 5.74) is -0.0342. The Kier molecular flexibility index (Phi) is 4.31. The number of hydrogen-bond acceptors (Lipinski definition) is 2. The number of nitrogens with one attached hydrogen (secondary N) is 2. The topological polar surface area (TPSA) is 74.8 Å². The van der Waals surface area contributed by atoms with Crippen LogP contribution in [0, 0.1) is 41.4 Å². The maximum Gasteiger partial charge on any atom is 0.322 e. The minimum atomic E-state index is -0.248. The van der Waals surface area contributed by atoms with Gasteiger partial charge in [-0.05, 0) is 107 Å². The predicted octanol–water partition coefficient (Wildman–Crippen LogP) is 2.56. The first-order valence-electron chi connectivity index (χ1n) is 12.4. The minimum Gasteiger partial charge on any atom is -0.333 e. The molecule has 8 aliphatic rings. The molecule has 0 aromatic carbocycles. The summed E-state index contributed by atoms with van der Waals surface area (Å²) in [6.45, 7) is 1.98. The van der Waals surface area contributed by atoms with Crippen molar-refractivity contribution in [1.82, 2.24) is 10.6 Å². The van der Waals surface area contributed by atoms with E-state index in [4.69, 9.17) is 0 Å². The first-order valence-corrected chi connectivity index (χ1v) is 12.4. The fourth-order valence-corrected chi connectivity index (χ4v) is 9.46. The van der Waals surface area contributed by atoms with Crippen molar-refractivity contribution in [1.29, 1.82) is 0 Å². The molecule has 3 amide bonds. The molecule has 0 aliphatic heterocycles. The standard InChI is InChI=1S/C24H37N3O2/c1-13(25-21-19-6-14-2-15(8-19)9-20(21)7-14)22(28)26-23(29)27-24-10-16-3-17(11-24)5-18(4-16)12-24/h13-21,25H,2-12H2,1H3,(H2,26,27,28,29)/p+1/t13-,14?,15?,16?,17?,18?,19?,20?,21?,24?/m0/s1. The molecule has 0 radical (unpaired) electrons. The highest BCUT2D eigenvalue weighted by molar-refractivity contribution is 5.96. The van der Waals surface area contributed by atoms with Gasteiger partial charge < -0.3 is 10.6 Å². The van der Waals surface area contributed by atoms with Crippen molar-refractivity contribution in [2.45, 2.75) is 95.2 Å². The Morgan fingerprint density at radius 2 is 1.28 bits per heavy atom. The maximum atomic E-state index is 12.8. The van der Waals surface area contributed by atoms with Crippen LogP contribution < -0.4 is 16.0 Å². The summed E-state index contributed by atoms with van der Waals surface area (Å²) in [7, 11) is 0. The molecule has 29 heavy (non-hydrogen) atoms. The van der Waals surface area contributed by atoms with Crippen molar-refractivity contribution in [3.05, 3.63) is 0 Å². The Bertz CT molecular complexity index is 641. The van der Waals surface area contributed by atoms with Gasteiger partial charge in [0.25, 0.3) is 5.91 Å². The van der Waals surface area contributed by atoms with Gasteiger partial charge >= 0.3 is 6.03 Å². The SMILES string of the molecule is C[C@H]([NH2+]C1C2CC3CC(C2)CC1C3)C(=O)NC(=O)NC12CC3CC(CC(C3)C1)C2. The summed E-state index contributed by atoms with van der Waals surface area (Å²) in [5, 5.41) is 8.29. The van der Waals surface area contributed by atoms with Crippen LogP contribution in [0.25, 0.3) is 0 Å². The molecular weight excluding hydrogens is 362 g/mol. The zero-order valence-electron chi connectivity index (χ0n) is 17.9. The first kappa shape index (κ1) is 18.7. The van der Waals surface area contributed by atoms with Gasteiger partial charge in [-0.2, -0.15) is 0 Å². The van der Waals surface area contributed by atoms with Crippen LogP contribution in [0.2, 0.25) is 0 Å². The van der Waals surface area contributed by atoms with E-state index in [1.54, 1.807) is 0 Å². The number of imide groups is 1. The smallest absolute Gasteiger partial charge is 0.322 e. The molecule has 0 aromatic rings. The molecule has 0 spiro atoms. The van der Waals surface area contributed by atoms with E-state index < -0.39 is 0 Å².